The smallest absolute Gasteiger partial charge is 0.240 e. The Morgan fingerprint density at radius 1 is 1.21 bits per heavy atom. The Hall–Kier alpha value is -2.37. The Labute approximate surface area is 142 Å². The number of imide groups is 1. The summed E-state index contributed by atoms with van der Waals surface area (Å²) in [4.78, 5) is 40.4. The number of benzene rings is 1. The average molecular weight is 332 g/mol. The first-order chi connectivity index (χ1) is 11.4. The van der Waals surface area contributed by atoms with Crippen molar-refractivity contribution < 1.29 is 19.1 Å². The fraction of sp³-hybridized carbons (Fsp3) is 0.500. The van der Waals surface area contributed by atoms with E-state index >= 15 is 0 Å². The molecule has 1 heterocycles. The third-order valence-electron chi connectivity index (χ3n) is 4.75. The van der Waals surface area contributed by atoms with Gasteiger partial charge in [-0.3, -0.25) is 19.3 Å². The van der Waals surface area contributed by atoms with Gasteiger partial charge in [0.1, 0.15) is 5.75 Å². The number of hydrogen-bond acceptors (Lipinski definition) is 4. The maximum Gasteiger partial charge on any atom is 0.240 e. The number of methoxy groups -OCH3 is 1. The minimum Gasteiger partial charge on any atom is -0.497 e. The number of rotatable bonds is 6. The summed E-state index contributed by atoms with van der Waals surface area (Å²) in [6.07, 6.45) is 0.0115. The molecule has 6 heteroatoms. The van der Waals surface area contributed by atoms with Gasteiger partial charge < -0.3 is 9.64 Å². The van der Waals surface area contributed by atoms with Gasteiger partial charge in [0.05, 0.1) is 12.5 Å². The van der Waals surface area contributed by atoms with Crippen molar-refractivity contribution in [1.82, 2.24) is 9.80 Å². The molecule has 1 atom stereocenters. The highest BCUT2D eigenvalue weighted by atomic mass is 16.5. The van der Waals surface area contributed by atoms with Crippen LogP contribution >= 0.6 is 0 Å². The van der Waals surface area contributed by atoms with Crippen LogP contribution in [0.1, 0.15) is 32.3 Å². The average Bonchev–Trinajstić information content (AvgIpc) is 2.81. The van der Waals surface area contributed by atoms with Gasteiger partial charge in [-0.1, -0.05) is 12.1 Å². The lowest BCUT2D eigenvalue weighted by Gasteiger charge is -2.29. The number of likely N-dealkylation sites (tertiary alicyclic amines) is 1. The van der Waals surface area contributed by atoms with E-state index in [2.05, 4.69) is 0 Å². The van der Waals surface area contributed by atoms with Gasteiger partial charge in [0, 0.05) is 33.0 Å². The molecule has 1 aliphatic rings. The molecular weight excluding hydrogens is 308 g/mol. The Morgan fingerprint density at radius 2 is 1.79 bits per heavy atom. The largest absolute Gasteiger partial charge is 0.497 e. The Morgan fingerprint density at radius 3 is 2.21 bits per heavy atom. The minimum absolute atomic E-state index is 0.00405. The molecule has 2 rings (SSSR count). The van der Waals surface area contributed by atoms with E-state index in [4.69, 9.17) is 4.74 Å². The summed E-state index contributed by atoms with van der Waals surface area (Å²) < 4.78 is 5.15. The predicted octanol–water partition coefficient (Wildman–Crippen LogP) is 1.58. The van der Waals surface area contributed by atoms with Crippen molar-refractivity contribution in [2.75, 3.05) is 27.2 Å². The highest BCUT2D eigenvalue weighted by Crippen LogP contribution is 2.40. The molecule has 0 aliphatic carbocycles. The maximum atomic E-state index is 12.8. The number of likely N-dealkylation sites (N-methyl/N-ethyl adjacent to an activating group) is 1. The normalized spacial score (nSPS) is 20.4. The summed E-state index contributed by atoms with van der Waals surface area (Å²) in [6.45, 7) is 4.95. The molecule has 3 amide bonds. The number of ether oxygens (including phenoxy) is 1. The van der Waals surface area contributed by atoms with Crippen molar-refractivity contribution in [3.8, 4) is 5.75 Å². The monoisotopic (exact) mass is 332 g/mol. The van der Waals surface area contributed by atoms with Crippen molar-refractivity contribution in [3.05, 3.63) is 29.8 Å². The van der Waals surface area contributed by atoms with Crippen molar-refractivity contribution in [3.63, 3.8) is 0 Å². The molecule has 0 spiro atoms. The Kier molecular flexibility index (Phi) is 5.26. The van der Waals surface area contributed by atoms with Crippen LogP contribution in [-0.4, -0.2) is 54.8 Å². The molecule has 0 aromatic heterocycles. The first-order valence-electron chi connectivity index (χ1n) is 8.13. The van der Waals surface area contributed by atoms with Crippen LogP contribution in [0.3, 0.4) is 0 Å². The second-order valence-electron chi connectivity index (χ2n) is 5.99. The molecule has 1 unspecified atom stereocenters. The van der Waals surface area contributed by atoms with Crippen LogP contribution < -0.4 is 4.74 Å². The molecule has 1 fully saturated rings. The van der Waals surface area contributed by atoms with Gasteiger partial charge in [-0.2, -0.15) is 0 Å². The second kappa shape index (κ2) is 7.03. The zero-order chi connectivity index (χ0) is 17.9. The molecule has 1 aromatic rings. The summed E-state index contributed by atoms with van der Waals surface area (Å²) in [6, 6.07) is 7.02. The fourth-order valence-corrected chi connectivity index (χ4v) is 3.21. The van der Waals surface area contributed by atoms with Gasteiger partial charge in [0.2, 0.25) is 17.7 Å². The summed E-state index contributed by atoms with van der Waals surface area (Å²) >= 11 is 0. The van der Waals surface area contributed by atoms with E-state index in [1.165, 1.54) is 7.05 Å². The van der Waals surface area contributed by atoms with Crippen LogP contribution in [0.4, 0.5) is 0 Å². The Bertz CT molecular complexity index is 637. The van der Waals surface area contributed by atoms with E-state index in [-0.39, 0.29) is 30.6 Å². The molecule has 0 saturated carbocycles. The summed E-state index contributed by atoms with van der Waals surface area (Å²) in [5.74, 6) is -0.0392. The fourth-order valence-electron chi connectivity index (χ4n) is 3.21. The van der Waals surface area contributed by atoms with Crippen LogP contribution in [-0.2, 0) is 19.8 Å². The summed E-state index contributed by atoms with van der Waals surface area (Å²) in [5.41, 5.74) is -0.455. The molecule has 1 saturated heterocycles. The van der Waals surface area contributed by atoms with E-state index in [1.807, 2.05) is 13.8 Å². The van der Waals surface area contributed by atoms with Crippen LogP contribution in [0.25, 0.3) is 0 Å². The maximum absolute atomic E-state index is 12.8. The van der Waals surface area contributed by atoms with Crippen LogP contribution in [0.15, 0.2) is 24.3 Å². The standard InChI is InChI=1S/C18H24N2O4/c1-5-20(6-2)16(22)12-18(11-15(21)19(3)17(18)23)13-7-9-14(24-4)10-8-13/h7-10H,5-6,11-12H2,1-4H3. The SMILES string of the molecule is CCN(CC)C(=O)CC1(c2ccc(OC)cc2)CC(=O)N(C)C1=O. The quantitative estimate of drug-likeness (QED) is 0.742. The molecule has 0 radical (unpaired) electrons. The van der Waals surface area contributed by atoms with Gasteiger partial charge in [0.15, 0.2) is 0 Å². The van der Waals surface area contributed by atoms with E-state index in [1.54, 1.807) is 36.3 Å². The lowest BCUT2D eigenvalue weighted by Crippen LogP contribution is -2.42. The lowest BCUT2D eigenvalue weighted by atomic mass is 9.75. The lowest BCUT2D eigenvalue weighted by molar-refractivity contribution is -0.141. The molecule has 0 bridgehead atoms. The summed E-state index contributed by atoms with van der Waals surface area (Å²) in [7, 11) is 3.03. The van der Waals surface area contributed by atoms with Gasteiger partial charge >= 0.3 is 0 Å². The predicted molar refractivity (Wildman–Crippen MR) is 89.6 cm³/mol. The topological polar surface area (TPSA) is 66.9 Å². The molecule has 1 aliphatic heterocycles. The number of carbonyl (C=O) groups excluding carboxylic acids is 3. The van der Waals surface area contributed by atoms with Crippen molar-refractivity contribution >= 4 is 17.7 Å². The number of amides is 3. The Balaban J connectivity index is 2.44. The molecule has 24 heavy (non-hydrogen) atoms. The van der Waals surface area contributed by atoms with E-state index in [9.17, 15) is 14.4 Å². The molecule has 0 N–H and O–H groups in total. The summed E-state index contributed by atoms with van der Waals surface area (Å²) in [5, 5.41) is 0. The van der Waals surface area contributed by atoms with Gasteiger partial charge in [-0.25, -0.2) is 0 Å². The third-order valence-corrected chi connectivity index (χ3v) is 4.75. The zero-order valence-corrected chi connectivity index (χ0v) is 14.7. The number of carbonyl (C=O) groups is 3. The minimum atomic E-state index is -1.13. The van der Waals surface area contributed by atoms with Crippen molar-refractivity contribution in [2.24, 2.45) is 0 Å². The first-order valence-corrected chi connectivity index (χ1v) is 8.13. The van der Waals surface area contributed by atoms with Crippen LogP contribution in [0.2, 0.25) is 0 Å². The van der Waals surface area contributed by atoms with Crippen LogP contribution in [0.5, 0.6) is 5.75 Å². The van der Waals surface area contributed by atoms with Crippen LogP contribution in [0, 0.1) is 0 Å². The number of hydrogen-bond donors (Lipinski definition) is 0. The molecule has 6 nitrogen and oxygen atoms in total. The highest BCUT2D eigenvalue weighted by Gasteiger charge is 2.52. The number of nitrogens with zero attached hydrogens (tertiary/aromatic N) is 2. The van der Waals surface area contributed by atoms with E-state index in [0.29, 0.717) is 24.4 Å². The van der Waals surface area contributed by atoms with E-state index < -0.39 is 5.41 Å². The van der Waals surface area contributed by atoms with E-state index in [0.717, 1.165) is 4.90 Å². The van der Waals surface area contributed by atoms with Gasteiger partial charge in [-0.15, -0.1) is 0 Å². The zero-order valence-electron chi connectivity index (χ0n) is 14.7. The third kappa shape index (κ3) is 3.00. The van der Waals surface area contributed by atoms with Crippen molar-refractivity contribution in [2.45, 2.75) is 32.1 Å². The molecule has 130 valence electrons. The molecule has 1 aromatic carbocycles. The second-order valence-corrected chi connectivity index (χ2v) is 5.99. The van der Waals surface area contributed by atoms with Gasteiger partial charge in [0.25, 0.3) is 0 Å². The molecular formula is C18H24N2O4. The van der Waals surface area contributed by atoms with Crippen molar-refractivity contribution in [1.29, 1.82) is 0 Å². The highest BCUT2D eigenvalue weighted by molar-refractivity contribution is 6.10. The first kappa shape index (κ1) is 18.0. The van der Waals surface area contributed by atoms with Gasteiger partial charge in [-0.05, 0) is 31.5 Å².